The van der Waals surface area contributed by atoms with Gasteiger partial charge >= 0.3 is 11.8 Å². The van der Waals surface area contributed by atoms with E-state index in [1.807, 2.05) is 54.6 Å². The van der Waals surface area contributed by atoms with Gasteiger partial charge < -0.3 is 10.1 Å². The number of rotatable bonds is 6. The second-order valence-corrected chi connectivity index (χ2v) is 8.06. The SMILES string of the molecule is COc1ccc(-c2nn(-c3ccccc3)cc2/C=N/NC(=O)C(=O)Nc2cc(Cl)ccc2Cl)cc1. The van der Waals surface area contributed by atoms with Crippen LogP contribution in [0.1, 0.15) is 5.56 Å². The van der Waals surface area contributed by atoms with Crippen molar-refractivity contribution < 1.29 is 14.3 Å². The highest BCUT2D eigenvalue weighted by molar-refractivity contribution is 6.42. The summed E-state index contributed by atoms with van der Waals surface area (Å²) in [6.07, 6.45) is 3.19. The van der Waals surface area contributed by atoms with Gasteiger partial charge in [-0.05, 0) is 54.6 Å². The molecule has 3 aromatic carbocycles. The van der Waals surface area contributed by atoms with Gasteiger partial charge in [-0.1, -0.05) is 41.4 Å². The summed E-state index contributed by atoms with van der Waals surface area (Å²) >= 11 is 11.9. The standard InChI is InChI=1S/C25H19Cl2N5O3/c1-35-20-10-7-16(8-11-20)23-17(15-32(31-23)19-5-3-2-4-6-19)14-28-30-25(34)24(33)29-22-13-18(26)9-12-21(22)27/h2-15H,1H3,(H,29,33)(H,30,34)/b28-14+. The van der Waals surface area contributed by atoms with Crippen molar-refractivity contribution in [2.24, 2.45) is 5.10 Å². The molecule has 0 aliphatic rings. The second-order valence-electron chi connectivity index (χ2n) is 7.22. The zero-order valence-electron chi connectivity index (χ0n) is 18.4. The number of methoxy groups -OCH3 is 1. The average molecular weight is 508 g/mol. The van der Waals surface area contributed by atoms with Gasteiger partial charge in [-0.2, -0.15) is 10.2 Å². The monoisotopic (exact) mass is 507 g/mol. The molecule has 0 atom stereocenters. The van der Waals surface area contributed by atoms with Gasteiger partial charge in [0.15, 0.2) is 0 Å². The fourth-order valence-corrected chi connectivity index (χ4v) is 3.49. The van der Waals surface area contributed by atoms with E-state index in [2.05, 4.69) is 20.9 Å². The van der Waals surface area contributed by atoms with Crippen LogP contribution in [-0.2, 0) is 9.59 Å². The summed E-state index contributed by atoms with van der Waals surface area (Å²) in [4.78, 5) is 24.5. The van der Waals surface area contributed by atoms with Crippen LogP contribution in [0.2, 0.25) is 10.0 Å². The number of ether oxygens (including phenoxy) is 1. The Bertz CT molecular complexity index is 1390. The maximum Gasteiger partial charge on any atom is 0.329 e. The van der Waals surface area contributed by atoms with Crippen LogP contribution in [0, 0.1) is 0 Å². The van der Waals surface area contributed by atoms with Gasteiger partial charge in [0.1, 0.15) is 11.4 Å². The average Bonchev–Trinajstić information content (AvgIpc) is 3.31. The molecule has 2 amide bonds. The largest absolute Gasteiger partial charge is 0.497 e. The number of benzene rings is 3. The van der Waals surface area contributed by atoms with Crippen LogP contribution in [-0.4, -0.2) is 34.9 Å². The van der Waals surface area contributed by atoms with E-state index >= 15 is 0 Å². The van der Waals surface area contributed by atoms with E-state index < -0.39 is 11.8 Å². The van der Waals surface area contributed by atoms with E-state index in [9.17, 15) is 9.59 Å². The Morgan fingerprint density at radius 3 is 2.46 bits per heavy atom. The fraction of sp³-hybridized carbons (Fsp3) is 0.0400. The quantitative estimate of drug-likeness (QED) is 0.219. The first-order valence-electron chi connectivity index (χ1n) is 10.3. The first-order valence-corrected chi connectivity index (χ1v) is 11.1. The van der Waals surface area contributed by atoms with Gasteiger partial charge in [0.05, 0.1) is 29.7 Å². The van der Waals surface area contributed by atoms with Gasteiger partial charge in [-0.3, -0.25) is 9.59 Å². The lowest BCUT2D eigenvalue weighted by Gasteiger charge is -2.06. The summed E-state index contributed by atoms with van der Waals surface area (Å²) in [5, 5.41) is 11.6. The molecule has 0 radical (unpaired) electrons. The molecule has 0 aliphatic carbocycles. The number of halogens is 2. The Hall–Kier alpha value is -4.14. The van der Waals surface area contributed by atoms with Crippen LogP contribution in [0.3, 0.4) is 0 Å². The van der Waals surface area contributed by atoms with Gasteiger partial charge in [0, 0.05) is 22.3 Å². The van der Waals surface area contributed by atoms with Crippen molar-refractivity contribution in [1.82, 2.24) is 15.2 Å². The molecule has 0 bridgehead atoms. The topological polar surface area (TPSA) is 97.6 Å². The number of nitrogens with one attached hydrogen (secondary N) is 2. The summed E-state index contributed by atoms with van der Waals surface area (Å²) < 4.78 is 6.93. The molecule has 0 saturated carbocycles. The molecule has 0 fully saturated rings. The number of amides is 2. The Balaban J connectivity index is 1.54. The number of hydrogen-bond donors (Lipinski definition) is 2. The van der Waals surface area contributed by atoms with Crippen molar-refractivity contribution in [1.29, 1.82) is 0 Å². The van der Waals surface area contributed by atoms with E-state index in [4.69, 9.17) is 27.9 Å². The molecule has 8 nitrogen and oxygen atoms in total. The Morgan fingerprint density at radius 2 is 1.74 bits per heavy atom. The molecule has 4 rings (SSSR count). The van der Waals surface area contributed by atoms with Crippen LogP contribution >= 0.6 is 23.2 Å². The van der Waals surface area contributed by atoms with Crippen LogP contribution in [0.5, 0.6) is 5.75 Å². The highest BCUT2D eigenvalue weighted by Gasteiger charge is 2.16. The number of hydrogen-bond acceptors (Lipinski definition) is 5. The highest BCUT2D eigenvalue weighted by atomic mass is 35.5. The molecular formula is C25H19Cl2N5O3. The number of carbonyl (C=O) groups is 2. The number of anilines is 1. The zero-order valence-corrected chi connectivity index (χ0v) is 19.9. The van der Waals surface area contributed by atoms with E-state index in [-0.39, 0.29) is 10.7 Å². The molecule has 4 aromatic rings. The van der Waals surface area contributed by atoms with E-state index in [0.29, 0.717) is 22.0 Å². The molecule has 0 unspecified atom stereocenters. The Kier molecular flexibility index (Phi) is 7.45. The van der Waals surface area contributed by atoms with Crippen LogP contribution in [0.25, 0.3) is 16.9 Å². The highest BCUT2D eigenvalue weighted by Crippen LogP contribution is 2.26. The molecule has 0 aliphatic heterocycles. The summed E-state index contributed by atoms with van der Waals surface area (Å²) in [6.45, 7) is 0. The van der Waals surface area contributed by atoms with Crippen molar-refractivity contribution in [3.63, 3.8) is 0 Å². The number of para-hydroxylation sites is 1. The van der Waals surface area contributed by atoms with Crippen LogP contribution in [0.4, 0.5) is 5.69 Å². The Labute approximate surface area is 211 Å². The van der Waals surface area contributed by atoms with Crippen molar-refractivity contribution in [2.75, 3.05) is 12.4 Å². The summed E-state index contributed by atoms with van der Waals surface area (Å²) in [5.41, 5.74) is 5.36. The van der Waals surface area contributed by atoms with Crippen LogP contribution < -0.4 is 15.5 Å². The van der Waals surface area contributed by atoms with Gasteiger partial charge in [0.25, 0.3) is 0 Å². The minimum atomic E-state index is -0.973. The van der Waals surface area contributed by atoms with Crippen molar-refractivity contribution >= 4 is 46.9 Å². The van der Waals surface area contributed by atoms with Gasteiger partial charge in [-0.25, -0.2) is 10.1 Å². The summed E-state index contributed by atoms with van der Waals surface area (Å²) in [5.74, 6) is -1.20. The third-order valence-electron chi connectivity index (χ3n) is 4.88. The number of nitrogens with zero attached hydrogens (tertiary/aromatic N) is 3. The first-order chi connectivity index (χ1) is 16.9. The smallest absolute Gasteiger partial charge is 0.329 e. The summed E-state index contributed by atoms with van der Waals surface area (Å²) in [7, 11) is 1.59. The zero-order chi connectivity index (χ0) is 24.8. The third kappa shape index (κ3) is 5.87. The molecule has 10 heteroatoms. The number of carbonyl (C=O) groups excluding carboxylic acids is 2. The number of hydrazone groups is 1. The van der Waals surface area contributed by atoms with E-state index in [1.54, 1.807) is 24.1 Å². The van der Waals surface area contributed by atoms with Gasteiger partial charge in [-0.15, -0.1) is 0 Å². The number of aromatic nitrogens is 2. The lowest BCUT2D eigenvalue weighted by atomic mass is 10.1. The molecule has 2 N–H and O–H groups in total. The molecule has 0 saturated heterocycles. The van der Waals surface area contributed by atoms with Crippen LogP contribution in [0.15, 0.2) is 84.1 Å². The minimum Gasteiger partial charge on any atom is -0.497 e. The maximum absolute atomic E-state index is 12.2. The van der Waals surface area contributed by atoms with E-state index in [0.717, 1.165) is 11.3 Å². The minimum absolute atomic E-state index is 0.217. The third-order valence-corrected chi connectivity index (χ3v) is 5.44. The normalized spacial score (nSPS) is 10.8. The summed E-state index contributed by atoms with van der Waals surface area (Å²) in [6, 6.07) is 21.5. The van der Waals surface area contributed by atoms with Crippen molar-refractivity contribution in [3.8, 4) is 22.7 Å². The molecular weight excluding hydrogens is 489 g/mol. The molecule has 1 heterocycles. The van der Waals surface area contributed by atoms with E-state index in [1.165, 1.54) is 18.3 Å². The molecule has 1 aromatic heterocycles. The van der Waals surface area contributed by atoms with Crippen molar-refractivity contribution in [2.45, 2.75) is 0 Å². The maximum atomic E-state index is 12.2. The fourth-order valence-electron chi connectivity index (χ4n) is 3.15. The lowest BCUT2D eigenvalue weighted by Crippen LogP contribution is -2.32. The molecule has 0 spiro atoms. The van der Waals surface area contributed by atoms with Gasteiger partial charge in [0.2, 0.25) is 0 Å². The predicted molar refractivity (Wildman–Crippen MR) is 136 cm³/mol. The molecule has 176 valence electrons. The van der Waals surface area contributed by atoms with Crippen molar-refractivity contribution in [3.05, 3.63) is 94.6 Å². The molecule has 35 heavy (non-hydrogen) atoms. The Morgan fingerprint density at radius 1 is 1.00 bits per heavy atom. The predicted octanol–water partition coefficient (Wildman–Crippen LogP) is 4.94. The first kappa shape index (κ1) is 24.0. The second kappa shape index (κ2) is 10.9. The lowest BCUT2D eigenvalue weighted by molar-refractivity contribution is -0.136.